The molecule has 0 N–H and O–H groups in total. The van der Waals surface area contributed by atoms with Gasteiger partial charge < -0.3 is 4.74 Å². The maximum absolute atomic E-state index is 13.0. The minimum absolute atomic E-state index is 0.0823. The number of rotatable bonds is 5. The molecule has 5 nitrogen and oxygen atoms in total. The topological polar surface area (TPSA) is 63.7 Å². The standard InChI is InChI=1S/C24H20BrNO4/c1-13-10-15-11-19(13)22-21(15)23(28)26(24(22)29)17-6-8-18(9-7-17)30-12-20(27)14-2-4-16(25)5-3-14/h2-10,15,19,21-22H,11-12H2,1H3/t15-,19+,21-,22-/m0/s1. The number of anilines is 1. The van der Waals surface area contributed by atoms with E-state index in [9.17, 15) is 14.4 Å². The zero-order valence-corrected chi connectivity index (χ0v) is 18.0. The number of halogens is 1. The van der Waals surface area contributed by atoms with Gasteiger partial charge in [0, 0.05) is 10.0 Å². The molecule has 0 radical (unpaired) electrons. The van der Waals surface area contributed by atoms with Gasteiger partial charge in [-0.15, -0.1) is 0 Å². The number of fused-ring (bicyclic) bond motifs is 5. The zero-order valence-electron chi connectivity index (χ0n) is 16.4. The SMILES string of the molecule is CC1=C[C@H]2C[C@H]1[C@@H]1C(=O)N(c3ccc(OCC(=O)c4ccc(Br)cc4)cc3)C(=O)[C@H]12. The fourth-order valence-electron chi connectivity index (χ4n) is 5.09. The monoisotopic (exact) mass is 465 g/mol. The van der Waals surface area contributed by atoms with Crippen molar-refractivity contribution >= 4 is 39.2 Å². The van der Waals surface area contributed by atoms with Crippen molar-refractivity contribution < 1.29 is 19.1 Å². The van der Waals surface area contributed by atoms with Crippen LogP contribution in [-0.2, 0) is 9.59 Å². The fraction of sp³-hybridized carbons (Fsp3) is 0.292. The molecule has 1 saturated carbocycles. The maximum Gasteiger partial charge on any atom is 0.238 e. The Bertz CT molecular complexity index is 1070. The minimum Gasteiger partial charge on any atom is -0.485 e. The first kappa shape index (κ1) is 19.2. The Labute approximate surface area is 182 Å². The van der Waals surface area contributed by atoms with Crippen LogP contribution in [-0.4, -0.2) is 24.2 Å². The van der Waals surface area contributed by atoms with Crippen LogP contribution in [0.3, 0.4) is 0 Å². The van der Waals surface area contributed by atoms with Crippen LogP contribution >= 0.6 is 15.9 Å². The van der Waals surface area contributed by atoms with Crippen molar-refractivity contribution in [2.45, 2.75) is 13.3 Å². The normalized spacial score (nSPS) is 26.7. The molecule has 2 bridgehead atoms. The summed E-state index contributed by atoms with van der Waals surface area (Å²) in [7, 11) is 0. The predicted molar refractivity (Wildman–Crippen MR) is 115 cm³/mol. The molecule has 2 amide bonds. The lowest BCUT2D eigenvalue weighted by molar-refractivity contribution is -0.123. The van der Waals surface area contributed by atoms with Crippen LogP contribution in [0.5, 0.6) is 5.75 Å². The second-order valence-corrected chi connectivity index (χ2v) is 9.11. The van der Waals surface area contributed by atoms with Crippen molar-refractivity contribution in [2.24, 2.45) is 23.7 Å². The number of carbonyl (C=O) groups excluding carboxylic acids is 3. The lowest BCUT2D eigenvalue weighted by Gasteiger charge is -2.19. The van der Waals surface area contributed by atoms with Crippen LogP contribution in [0.4, 0.5) is 5.69 Å². The number of ether oxygens (including phenoxy) is 1. The third kappa shape index (κ3) is 3.01. The molecule has 2 aromatic rings. The highest BCUT2D eigenvalue weighted by Crippen LogP contribution is 2.55. The van der Waals surface area contributed by atoms with Crippen LogP contribution < -0.4 is 9.64 Å². The lowest BCUT2D eigenvalue weighted by atomic mass is 9.82. The van der Waals surface area contributed by atoms with Crippen LogP contribution in [0.25, 0.3) is 0 Å². The largest absolute Gasteiger partial charge is 0.485 e. The summed E-state index contributed by atoms with van der Waals surface area (Å²) in [5.74, 6) is 0.160. The molecule has 2 aromatic carbocycles. The minimum atomic E-state index is -0.217. The molecule has 4 atom stereocenters. The number of carbonyl (C=O) groups is 3. The average molecular weight is 466 g/mol. The van der Waals surface area contributed by atoms with E-state index in [2.05, 4.69) is 28.9 Å². The van der Waals surface area contributed by atoms with E-state index in [1.807, 2.05) is 12.1 Å². The summed E-state index contributed by atoms with van der Waals surface area (Å²) in [6.07, 6.45) is 3.09. The van der Waals surface area contributed by atoms with Crippen molar-refractivity contribution in [1.29, 1.82) is 0 Å². The summed E-state index contributed by atoms with van der Waals surface area (Å²) in [6, 6.07) is 13.9. The lowest BCUT2D eigenvalue weighted by Crippen LogP contribution is -2.32. The summed E-state index contributed by atoms with van der Waals surface area (Å²) in [5, 5.41) is 0. The van der Waals surface area contributed by atoms with E-state index in [4.69, 9.17) is 4.74 Å². The van der Waals surface area contributed by atoms with Crippen molar-refractivity contribution in [3.05, 3.63) is 70.2 Å². The molecule has 30 heavy (non-hydrogen) atoms. The molecule has 0 aromatic heterocycles. The van der Waals surface area contributed by atoms with Gasteiger partial charge in [-0.25, -0.2) is 0 Å². The Balaban J connectivity index is 1.27. The molecule has 0 spiro atoms. The number of amides is 2. The number of hydrogen-bond donors (Lipinski definition) is 0. The third-order valence-corrected chi connectivity index (χ3v) is 7.04. The number of imide groups is 1. The van der Waals surface area contributed by atoms with E-state index in [1.165, 1.54) is 10.5 Å². The highest BCUT2D eigenvalue weighted by Gasteiger charge is 2.60. The first-order valence-corrected chi connectivity index (χ1v) is 10.8. The van der Waals surface area contributed by atoms with Crippen molar-refractivity contribution in [3.8, 4) is 5.75 Å². The Hall–Kier alpha value is -2.73. The zero-order chi connectivity index (χ0) is 21.0. The van der Waals surface area contributed by atoms with Gasteiger partial charge >= 0.3 is 0 Å². The number of allylic oxidation sites excluding steroid dienone is 2. The Morgan fingerprint density at radius 1 is 1.03 bits per heavy atom. The van der Waals surface area contributed by atoms with E-state index < -0.39 is 0 Å². The molecule has 0 unspecified atom stereocenters. The molecule has 1 saturated heterocycles. The number of Topliss-reactive ketones (excluding diaryl/α,β-unsaturated/α-hetero) is 1. The van der Waals surface area contributed by atoms with Crippen molar-refractivity contribution in [3.63, 3.8) is 0 Å². The molecule has 1 aliphatic heterocycles. The summed E-state index contributed by atoms with van der Waals surface area (Å²) < 4.78 is 6.51. The Morgan fingerprint density at radius 3 is 2.40 bits per heavy atom. The average Bonchev–Trinajstić information content (AvgIpc) is 3.38. The van der Waals surface area contributed by atoms with E-state index in [-0.39, 0.29) is 47.9 Å². The number of ketones is 1. The Morgan fingerprint density at radius 2 is 1.70 bits per heavy atom. The van der Waals surface area contributed by atoms with Gasteiger partial charge in [0.1, 0.15) is 5.75 Å². The van der Waals surface area contributed by atoms with Gasteiger partial charge in [-0.2, -0.15) is 0 Å². The van der Waals surface area contributed by atoms with Gasteiger partial charge in [-0.05, 0) is 61.6 Å². The van der Waals surface area contributed by atoms with E-state index in [0.29, 0.717) is 17.0 Å². The van der Waals surface area contributed by atoms with Gasteiger partial charge in [0.15, 0.2) is 12.4 Å². The van der Waals surface area contributed by atoms with Crippen LogP contribution in [0.2, 0.25) is 0 Å². The molecular formula is C24H20BrNO4. The van der Waals surface area contributed by atoms with Gasteiger partial charge in [-0.3, -0.25) is 19.3 Å². The van der Waals surface area contributed by atoms with Crippen LogP contribution in [0.1, 0.15) is 23.7 Å². The quantitative estimate of drug-likeness (QED) is 0.372. The molecule has 152 valence electrons. The molecule has 2 aliphatic carbocycles. The van der Waals surface area contributed by atoms with Crippen LogP contribution in [0, 0.1) is 23.7 Å². The van der Waals surface area contributed by atoms with E-state index >= 15 is 0 Å². The molecule has 6 heteroatoms. The highest BCUT2D eigenvalue weighted by atomic mass is 79.9. The number of benzene rings is 2. The van der Waals surface area contributed by atoms with E-state index in [1.54, 1.807) is 36.4 Å². The second kappa shape index (κ2) is 7.20. The van der Waals surface area contributed by atoms with Gasteiger partial charge in [-0.1, -0.05) is 39.7 Å². The van der Waals surface area contributed by atoms with Crippen molar-refractivity contribution in [1.82, 2.24) is 0 Å². The molecule has 3 aliphatic rings. The van der Waals surface area contributed by atoms with Gasteiger partial charge in [0.2, 0.25) is 11.8 Å². The summed E-state index contributed by atoms with van der Waals surface area (Å²) in [6.45, 7) is 1.98. The Kier molecular flexibility index (Phi) is 4.62. The molecule has 5 rings (SSSR count). The van der Waals surface area contributed by atoms with Crippen LogP contribution in [0.15, 0.2) is 64.7 Å². The third-order valence-electron chi connectivity index (χ3n) is 6.51. The van der Waals surface area contributed by atoms with E-state index in [0.717, 1.165) is 10.9 Å². The molecular weight excluding hydrogens is 446 g/mol. The second-order valence-electron chi connectivity index (χ2n) is 8.19. The smallest absolute Gasteiger partial charge is 0.238 e. The predicted octanol–water partition coefficient (Wildman–Crippen LogP) is 4.41. The molecule has 2 fully saturated rings. The van der Waals surface area contributed by atoms with Gasteiger partial charge in [0.25, 0.3) is 0 Å². The maximum atomic E-state index is 13.0. The number of nitrogens with zero attached hydrogens (tertiary/aromatic N) is 1. The first-order chi connectivity index (χ1) is 14.4. The van der Waals surface area contributed by atoms with Gasteiger partial charge in [0.05, 0.1) is 17.5 Å². The highest BCUT2D eigenvalue weighted by molar-refractivity contribution is 9.10. The summed E-state index contributed by atoms with van der Waals surface area (Å²) in [5.41, 5.74) is 2.37. The summed E-state index contributed by atoms with van der Waals surface area (Å²) >= 11 is 3.34. The first-order valence-electron chi connectivity index (χ1n) is 10.0. The number of hydrogen-bond acceptors (Lipinski definition) is 4. The van der Waals surface area contributed by atoms with Crippen molar-refractivity contribution in [2.75, 3.05) is 11.5 Å². The molecule has 1 heterocycles. The summed E-state index contributed by atoms with van der Waals surface area (Å²) in [4.78, 5) is 39.6. The fourth-order valence-corrected chi connectivity index (χ4v) is 5.35.